The number of aryl methyl sites for hydroxylation is 1. The lowest BCUT2D eigenvalue weighted by Gasteiger charge is -2.27. The molecule has 5 heterocycles. The van der Waals surface area contributed by atoms with E-state index in [0.717, 1.165) is 47.9 Å². The number of fused-ring (bicyclic) bond motifs is 1. The van der Waals surface area contributed by atoms with E-state index < -0.39 is 47.7 Å². The van der Waals surface area contributed by atoms with Gasteiger partial charge < -0.3 is 24.7 Å². The first-order valence-corrected chi connectivity index (χ1v) is 21.1. The van der Waals surface area contributed by atoms with Crippen molar-refractivity contribution in [2.75, 3.05) is 44.0 Å². The van der Waals surface area contributed by atoms with Crippen LogP contribution in [0.15, 0.2) is 77.7 Å². The number of imide groups is 2. The highest BCUT2D eigenvalue weighted by Crippen LogP contribution is 2.34. The summed E-state index contributed by atoms with van der Waals surface area (Å²) >= 11 is 0. The molecule has 1 unspecified atom stereocenters. The molecule has 16 nitrogen and oxygen atoms in total. The van der Waals surface area contributed by atoms with E-state index in [1.165, 1.54) is 30.0 Å². The second-order valence-electron chi connectivity index (χ2n) is 16.0. The third-order valence-corrected chi connectivity index (χ3v) is 11.2. The van der Waals surface area contributed by atoms with Crippen LogP contribution in [0.5, 0.6) is 0 Å². The second-order valence-corrected chi connectivity index (χ2v) is 16.0. The summed E-state index contributed by atoms with van der Waals surface area (Å²) in [4.78, 5) is 75.3. The van der Waals surface area contributed by atoms with E-state index >= 15 is 0 Å². The van der Waals surface area contributed by atoms with E-state index in [4.69, 9.17) is 9.15 Å². The lowest BCUT2D eigenvalue weighted by Crippen LogP contribution is -2.54. The highest BCUT2D eigenvalue weighted by atomic mass is 19.3. The molecule has 8 rings (SSSR count). The normalized spacial score (nSPS) is 16.3. The summed E-state index contributed by atoms with van der Waals surface area (Å²) < 4.78 is 40.9. The maximum absolute atomic E-state index is 14.1. The molecule has 5 aromatic rings. The second kappa shape index (κ2) is 19.2. The number of carbonyl (C=O) groups is 5. The van der Waals surface area contributed by atoms with Gasteiger partial charge in [0.2, 0.25) is 17.7 Å². The monoisotopic (exact) mass is 863 g/mol. The SMILES string of the molecule is CN(CCCOCCCNc1cccc2c1C(=O)N(C1CCC(=O)NC1=O)C2=O)Cc1ccc(-n2cc(NC(=O)c3coc(-c4ccnc(CCC5CC5)c4)n3)c(C(F)F)n2)cc1. The minimum atomic E-state index is -2.94. The summed E-state index contributed by atoms with van der Waals surface area (Å²) in [5.41, 5.74) is 3.30. The first-order valence-electron chi connectivity index (χ1n) is 21.1. The number of alkyl halides is 2. The molecular formula is C45H47F2N9O7. The number of halogens is 2. The fourth-order valence-electron chi connectivity index (χ4n) is 7.72. The lowest BCUT2D eigenvalue weighted by molar-refractivity contribution is -0.136. The van der Waals surface area contributed by atoms with Gasteiger partial charge in [0.1, 0.15) is 12.3 Å². The van der Waals surface area contributed by atoms with E-state index in [9.17, 15) is 32.8 Å². The summed E-state index contributed by atoms with van der Waals surface area (Å²) in [6.07, 6.45) is 7.30. The molecule has 3 aliphatic rings. The van der Waals surface area contributed by atoms with Gasteiger partial charge >= 0.3 is 0 Å². The zero-order valence-electron chi connectivity index (χ0n) is 34.6. The number of piperidine rings is 1. The predicted molar refractivity (Wildman–Crippen MR) is 225 cm³/mol. The summed E-state index contributed by atoms with van der Waals surface area (Å²) in [7, 11) is 1.99. The number of pyridine rings is 1. The van der Waals surface area contributed by atoms with E-state index in [2.05, 4.69) is 35.9 Å². The van der Waals surface area contributed by atoms with Crippen LogP contribution >= 0.6 is 0 Å². The molecule has 0 radical (unpaired) electrons. The Morgan fingerprint density at radius 2 is 1.83 bits per heavy atom. The van der Waals surface area contributed by atoms with Crippen molar-refractivity contribution in [1.82, 2.24) is 34.9 Å². The van der Waals surface area contributed by atoms with Gasteiger partial charge in [-0.05, 0) is 87.0 Å². The Morgan fingerprint density at radius 3 is 2.60 bits per heavy atom. The van der Waals surface area contributed by atoms with Crippen molar-refractivity contribution in [3.05, 3.63) is 107 Å². The molecule has 3 N–H and O–H groups in total. The van der Waals surface area contributed by atoms with Gasteiger partial charge in [-0.1, -0.05) is 31.0 Å². The molecule has 63 heavy (non-hydrogen) atoms. The zero-order valence-corrected chi connectivity index (χ0v) is 34.6. The Kier molecular flexibility index (Phi) is 13.1. The average molecular weight is 864 g/mol. The molecule has 3 aromatic heterocycles. The average Bonchev–Trinajstić information content (AvgIpc) is 3.68. The van der Waals surface area contributed by atoms with Crippen LogP contribution in [-0.2, 0) is 27.3 Å². The van der Waals surface area contributed by atoms with Crippen LogP contribution in [0.4, 0.5) is 20.2 Å². The topological polar surface area (TPSA) is 194 Å². The number of oxazole rings is 1. The Balaban J connectivity index is 0.758. The van der Waals surface area contributed by atoms with Crippen molar-refractivity contribution in [3.8, 4) is 17.1 Å². The maximum atomic E-state index is 14.1. The highest BCUT2D eigenvalue weighted by Gasteiger charge is 2.45. The largest absolute Gasteiger partial charge is 0.444 e. The lowest BCUT2D eigenvalue weighted by atomic mass is 10.0. The van der Waals surface area contributed by atoms with E-state index in [1.807, 2.05) is 25.2 Å². The molecule has 18 heteroatoms. The van der Waals surface area contributed by atoms with Crippen LogP contribution in [0.1, 0.15) is 99.5 Å². The smallest absolute Gasteiger partial charge is 0.284 e. The number of carbonyl (C=O) groups excluding carboxylic acids is 5. The molecule has 2 aliphatic heterocycles. The number of nitrogens with one attached hydrogen (secondary N) is 3. The number of anilines is 2. The molecular weight excluding hydrogens is 817 g/mol. The molecule has 2 aromatic carbocycles. The predicted octanol–water partition coefficient (Wildman–Crippen LogP) is 6.20. The van der Waals surface area contributed by atoms with Gasteiger partial charge in [0.15, 0.2) is 11.4 Å². The van der Waals surface area contributed by atoms with Crippen molar-refractivity contribution in [2.45, 2.75) is 70.4 Å². The van der Waals surface area contributed by atoms with Crippen molar-refractivity contribution in [2.24, 2.45) is 5.92 Å². The minimum absolute atomic E-state index is 0.0540. The molecule has 0 bridgehead atoms. The van der Waals surface area contributed by atoms with Crippen molar-refractivity contribution in [3.63, 3.8) is 0 Å². The number of amides is 5. The molecule has 1 saturated carbocycles. The summed E-state index contributed by atoms with van der Waals surface area (Å²) in [5, 5.41) is 12.0. The van der Waals surface area contributed by atoms with E-state index in [1.54, 1.807) is 42.6 Å². The summed E-state index contributed by atoms with van der Waals surface area (Å²) in [5.74, 6) is -1.89. The Hall–Kier alpha value is -6.66. The Morgan fingerprint density at radius 1 is 1.02 bits per heavy atom. The first kappa shape index (κ1) is 43.0. The number of hydrogen-bond donors (Lipinski definition) is 3. The number of aromatic nitrogens is 4. The van der Waals surface area contributed by atoms with Gasteiger partial charge in [-0.2, -0.15) is 5.10 Å². The van der Waals surface area contributed by atoms with Crippen LogP contribution in [0, 0.1) is 5.92 Å². The van der Waals surface area contributed by atoms with E-state index in [0.29, 0.717) is 49.7 Å². The fraction of sp³-hybridized carbons (Fsp3) is 0.378. The number of rotatable bonds is 20. The molecule has 1 aliphatic carbocycles. The van der Waals surface area contributed by atoms with Crippen LogP contribution in [-0.4, -0.2) is 98.5 Å². The number of ether oxygens (including phenoxy) is 1. The molecule has 328 valence electrons. The number of hydrogen-bond acceptors (Lipinski definition) is 12. The summed E-state index contributed by atoms with van der Waals surface area (Å²) in [6, 6.07) is 14.9. The third kappa shape index (κ3) is 10.2. The third-order valence-electron chi connectivity index (χ3n) is 11.2. The van der Waals surface area contributed by atoms with Gasteiger partial charge in [0, 0.05) is 62.4 Å². The molecule has 0 spiro atoms. The Labute approximate surface area is 361 Å². The van der Waals surface area contributed by atoms with Gasteiger partial charge in [-0.15, -0.1) is 0 Å². The van der Waals surface area contributed by atoms with Gasteiger partial charge in [0.05, 0.1) is 28.7 Å². The highest BCUT2D eigenvalue weighted by molar-refractivity contribution is 6.25. The van der Waals surface area contributed by atoms with E-state index in [-0.39, 0.29) is 41.2 Å². The quantitative estimate of drug-likeness (QED) is 0.0594. The van der Waals surface area contributed by atoms with Gasteiger partial charge in [-0.3, -0.25) is 39.2 Å². The maximum Gasteiger partial charge on any atom is 0.284 e. The van der Waals surface area contributed by atoms with Crippen molar-refractivity contribution in [1.29, 1.82) is 0 Å². The number of benzene rings is 2. The van der Waals surface area contributed by atoms with Gasteiger partial charge in [0.25, 0.3) is 24.1 Å². The first-order chi connectivity index (χ1) is 30.5. The van der Waals surface area contributed by atoms with Crippen molar-refractivity contribution < 1.29 is 41.9 Å². The molecule has 1 saturated heterocycles. The van der Waals surface area contributed by atoms with Crippen LogP contribution in [0.25, 0.3) is 17.1 Å². The van der Waals surface area contributed by atoms with Crippen LogP contribution in [0.3, 0.4) is 0 Å². The minimum Gasteiger partial charge on any atom is -0.444 e. The fourth-order valence-corrected chi connectivity index (χ4v) is 7.72. The molecule has 5 amide bonds. The zero-order chi connectivity index (χ0) is 44.0. The Bertz CT molecular complexity index is 2500. The van der Waals surface area contributed by atoms with Crippen LogP contribution in [0.2, 0.25) is 0 Å². The number of nitrogens with zero attached hydrogens (tertiary/aromatic N) is 6. The van der Waals surface area contributed by atoms with Gasteiger partial charge in [-0.25, -0.2) is 18.4 Å². The standard InChI is InChI=1S/C45H47F2N9O7/c1-54(20-4-22-62-21-3-18-49-33-6-2-5-32-38(33)45(61)56(44(32)60)36-15-16-37(57)52-42(36)59)24-28-10-13-31(14-11-28)55-25-34(39(53-55)40(46)47)50-41(58)35-26-63-43(51-35)29-17-19-48-30(23-29)12-9-27-7-8-27/h2,5-6,10-11,13-14,17,19,23,25-27,36,40,49H,3-4,7-9,12,15-16,18,20-22,24H2,1H3,(H,50,58)(H,52,57,59). The van der Waals surface area contributed by atoms with Crippen molar-refractivity contribution >= 4 is 40.9 Å². The summed E-state index contributed by atoms with van der Waals surface area (Å²) in [6.45, 7) is 2.89. The molecule has 2 fully saturated rings. The molecule has 1 atom stereocenters. The van der Waals surface area contributed by atoms with Crippen LogP contribution < -0.4 is 16.0 Å².